The predicted molar refractivity (Wildman–Crippen MR) is 79.1 cm³/mol. The molecule has 1 aliphatic carbocycles. The third-order valence-corrected chi connectivity index (χ3v) is 5.11. The molecule has 0 unspecified atom stereocenters. The lowest BCUT2D eigenvalue weighted by molar-refractivity contribution is -0.153. The van der Waals surface area contributed by atoms with Crippen molar-refractivity contribution in [3.63, 3.8) is 0 Å². The number of nitrogens with zero attached hydrogens (tertiary/aromatic N) is 1. The van der Waals surface area contributed by atoms with E-state index in [-0.39, 0.29) is 12.6 Å². The molecule has 20 heavy (non-hydrogen) atoms. The molecular weight excluding hydrogens is 278 g/mol. The molecule has 0 radical (unpaired) electrons. The first-order valence-corrected chi connectivity index (χ1v) is 8.33. The molecule has 7 heteroatoms. The Morgan fingerprint density at radius 2 is 1.90 bits per heavy atom. The fourth-order valence-electron chi connectivity index (χ4n) is 2.53. The van der Waals surface area contributed by atoms with Crippen molar-refractivity contribution in [3.8, 4) is 0 Å². The summed E-state index contributed by atoms with van der Waals surface area (Å²) in [4.78, 5) is 25.1. The average Bonchev–Trinajstić information content (AvgIpc) is 2.38. The second-order valence-corrected chi connectivity index (χ2v) is 6.73. The molecule has 1 saturated heterocycles. The summed E-state index contributed by atoms with van der Waals surface area (Å²) in [5.74, 6) is 1.52. The summed E-state index contributed by atoms with van der Waals surface area (Å²) in [5.41, 5.74) is -0.721. The number of amides is 2. The highest BCUT2D eigenvalue weighted by Gasteiger charge is 2.44. The van der Waals surface area contributed by atoms with Crippen LogP contribution in [0.1, 0.15) is 19.3 Å². The number of rotatable bonds is 6. The van der Waals surface area contributed by atoms with Crippen LogP contribution < -0.4 is 10.6 Å². The van der Waals surface area contributed by atoms with Gasteiger partial charge in [-0.25, -0.2) is 4.79 Å². The molecule has 1 heterocycles. The van der Waals surface area contributed by atoms with Crippen LogP contribution in [0.3, 0.4) is 0 Å². The molecule has 0 bridgehead atoms. The summed E-state index contributed by atoms with van der Waals surface area (Å²) in [7, 11) is 0. The minimum Gasteiger partial charge on any atom is -0.481 e. The number of carbonyl (C=O) groups is 2. The van der Waals surface area contributed by atoms with E-state index in [0.29, 0.717) is 19.4 Å². The first-order valence-electron chi connectivity index (χ1n) is 7.18. The lowest BCUT2D eigenvalue weighted by atomic mass is 9.69. The molecule has 0 aromatic heterocycles. The van der Waals surface area contributed by atoms with Gasteiger partial charge in [-0.05, 0) is 12.8 Å². The van der Waals surface area contributed by atoms with E-state index in [0.717, 1.165) is 37.6 Å². The van der Waals surface area contributed by atoms with E-state index >= 15 is 0 Å². The summed E-state index contributed by atoms with van der Waals surface area (Å²) >= 11 is 1.96. The van der Waals surface area contributed by atoms with Gasteiger partial charge in [0, 0.05) is 44.2 Å². The second kappa shape index (κ2) is 7.17. The maximum absolute atomic E-state index is 11.7. The van der Waals surface area contributed by atoms with Gasteiger partial charge < -0.3 is 15.7 Å². The molecule has 0 spiro atoms. The van der Waals surface area contributed by atoms with Gasteiger partial charge in [0.2, 0.25) is 0 Å². The summed E-state index contributed by atoms with van der Waals surface area (Å²) in [6, 6.07) is -0.260. The van der Waals surface area contributed by atoms with E-state index in [4.69, 9.17) is 5.11 Å². The van der Waals surface area contributed by atoms with E-state index in [1.54, 1.807) is 0 Å². The molecule has 114 valence electrons. The van der Waals surface area contributed by atoms with Crippen molar-refractivity contribution in [1.29, 1.82) is 0 Å². The van der Waals surface area contributed by atoms with Crippen molar-refractivity contribution < 1.29 is 14.7 Å². The number of carboxylic acids is 1. The lowest BCUT2D eigenvalue weighted by Gasteiger charge is -2.37. The van der Waals surface area contributed by atoms with Crippen LogP contribution in [0, 0.1) is 5.41 Å². The standard InChI is InChI=1S/C13H23N3O3S/c17-11(18)13(2-1-3-13)10-15-12(19)14-4-5-16-6-8-20-9-7-16/h1-10H2,(H,17,18)(H2,14,15,19). The zero-order chi connectivity index (χ0) is 14.4. The van der Waals surface area contributed by atoms with Crippen LogP contribution in [0.2, 0.25) is 0 Å². The molecule has 0 aromatic carbocycles. The maximum Gasteiger partial charge on any atom is 0.314 e. The molecule has 2 aliphatic rings. The van der Waals surface area contributed by atoms with Crippen molar-refractivity contribution >= 4 is 23.8 Å². The van der Waals surface area contributed by atoms with Gasteiger partial charge in [0.1, 0.15) is 0 Å². The number of thioether (sulfide) groups is 1. The lowest BCUT2D eigenvalue weighted by Crippen LogP contribution is -2.50. The minimum atomic E-state index is -0.796. The SMILES string of the molecule is O=C(NCCN1CCSCC1)NCC1(C(=O)O)CCC1. The van der Waals surface area contributed by atoms with E-state index in [1.807, 2.05) is 11.8 Å². The largest absolute Gasteiger partial charge is 0.481 e. The Morgan fingerprint density at radius 1 is 1.20 bits per heavy atom. The fraction of sp³-hybridized carbons (Fsp3) is 0.846. The molecule has 0 aromatic rings. The maximum atomic E-state index is 11.7. The molecular formula is C13H23N3O3S. The van der Waals surface area contributed by atoms with E-state index in [1.165, 1.54) is 0 Å². The Kier molecular flexibility index (Phi) is 5.54. The van der Waals surface area contributed by atoms with E-state index < -0.39 is 11.4 Å². The Balaban J connectivity index is 1.59. The highest BCUT2D eigenvalue weighted by atomic mass is 32.2. The average molecular weight is 301 g/mol. The van der Waals surface area contributed by atoms with Gasteiger partial charge in [-0.15, -0.1) is 0 Å². The summed E-state index contributed by atoms with van der Waals surface area (Å²) in [5, 5.41) is 14.7. The van der Waals surface area contributed by atoms with Gasteiger partial charge in [-0.3, -0.25) is 9.69 Å². The number of hydrogen-bond donors (Lipinski definition) is 3. The number of urea groups is 1. The molecule has 3 N–H and O–H groups in total. The molecule has 2 fully saturated rings. The van der Waals surface area contributed by atoms with Crippen molar-refractivity contribution in [2.75, 3.05) is 44.2 Å². The number of nitrogens with one attached hydrogen (secondary N) is 2. The van der Waals surface area contributed by atoms with Gasteiger partial charge in [0.25, 0.3) is 0 Å². The van der Waals surface area contributed by atoms with E-state index in [9.17, 15) is 9.59 Å². The quantitative estimate of drug-likeness (QED) is 0.669. The second-order valence-electron chi connectivity index (χ2n) is 5.50. The number of carbonyl (C=O) groups excluding carboxylic acids is 1. The Labute approximate surface area is 123 Å². The highest BCUT2D eigenvalue weighted by Crippen LogP contribution is 2.40. The van der Waals surface area contributed by atoms with Crippen molar-refractivity contribution in [2.24, 2.45) is 5.41 Å². The third kappa shape index (κ3) is 4.02. The van der Waals surface area contributed by atoms with Gasteiger partial charge in [0.15, 0.2) is 0 Å². The van der Waals surface area contributed by atoms with Crippen LogP contribution in [-0.4, -0.2) is 66.2 Å². The van der Waals surface area contributed by atoms with Crippen molar-refractivity contribution in [2.45, 2.75) is 19.3 Å². The first kappa shape index (κ1) is 15.4. The Bertz CT molecular complexity index is 355. The molecule has 2 amide bonds. The molecule has 1 aliphatic heterocycles. The molecule has 6 nitrogen and oxygen atoms in total. The van der Waals surface area contributed by atoms with Crippen LogP contribution in [0.4, 0.5) is 4.79 Å². The minimum absolute atomic E-state index is 0.231. The van der Waals surface area contributed by atoms with Crippen LogP contribution in [0.25, 0.3) is 0 Å². The Hall–Kier alpha value is -0.950. The van der Waals surface area contributed by atoms with E-state index in [2.05, 4.69) is 15.5 Å². The molecule has 2 rings (SSSR count). The molecule has 1 saturated carbocycles. The molecule has 0 atom stereocenters. The van der Waals surface area contributed by atoms with Gasteiger partial charge >= 0.3 is 12.0 Å². The fourth-order valence-corrected chi connectivity index (χ4v) is 3.51. The normalized spacial score (nSPS) is 21.8. The van der Waals surface area contributed by atoms with Gasteiger partial charge in [0.05, 0.1) is 5.41 Å². The topological polar surface area (TPSA) is 81.7 Å². The van der Waals surface area contributed by atoms with Gasteiger partial charge in [-0.1, -0.05) is 6.42 Å². The third-order valence-electron chi connectivity index (χ3n) is 4.17. The zero-order valence-electron chi connectivity index (χ0n) is 11.7. The van der Waals surface area contributed by atoms with Crippen LogP contribution in [0.15, 0.2) is 0 Å². The van der Waals surface area contributed by atoms with Crippen LogP contribution in [-0.2, 0) is 4.79 Å². The van der Waals surface area contributed by atoms with Crippen LogP contribution >= 0.6 is 11.8 Å². The number of carboxylic acid groups (broad SMARTS) is 1. The first-order chi connectivity index (χ1) is 9.62. The Morgan fingerprint density at radius 3 is 2.45 bits per heavy atom. The number of aliphatic carboxylic acids is 1. The van der Waals surface area contributed by atoms with Crippen molar-refractivity contribution in [1.82, 2.24) is 15.5 Å². The van der Waals surface area contributed by atoms with Gasteiger partial charge in [-0.2, -0.15) is 11.8 Å². The highest BCUT2D eigenvalue weighted by molar-refractivity contribution is 7.99. The summed E-state index contributed by atoms with van der Waals surface area (Å²) < 4.78 is 0. The van der Waals surface area contributed by atoms with Crippen molar-refractivity contribution in [3.05, 3.63) is 0 Å². The smallest absolute Gasteiger partial charge is 0.314 e. The predicted octanol–water partition coefficient (Wildman–Crippen LogP) is 0.589. The summed E-state index contributed by atoms with van der Waals surface area (Å²) in [6.45, 7) is 3.86. The van der Waals surface area contributed by atoms with Crippen LogP contribution in [0.5, 0.6) is 0 Å². The number of hydrogen-bond acceptors (Lipinski definition) is 4. The zero-order valence-corrected chi connectivity index (χ0v) is 12.5. The monoisotopic (exact) mass is 301 g/mol. The summed E-state index contributed by atoms with van der Waals surface area (Å²) in [6.07, 6.45) is 2.25.